The Bertz CT molecular complexity index is 876. The van der Waals surface area contributed by atoms with Crippen molar-refractivity contribution < 1.29 is 4.42 Å². The third kappa shape index (κ3) is 3.14. The predicted molar refractivity (Wildman–Crippen MR) is 97.3 cm³/mol. The second-order valence-electron chi connectivity index (χ2n) is 5.61. The van der Waals surface area contributed by atoms with Gasteiger partial charge >= 0.3 is 0 Å². The Morgan fingerprint density at radius 2 is 2.35 bits per heavy atom. The zero-order valence-corrected chi connectivity index (χ0v) is 14.7. The smallest absolute Gasteiger partial charge is 0.263 e. The maximum absolute atomic E-state index is 13.0. The van der Waals surface area contributed by atoms with Crippen molar-refractivity contribution in [3.8, 4) is 11.3 Å². The molecule has 120 valence electrons. The van der Waals surface area contributed by atoms with Gasteiger partial charge in [-0.05, 0) is 18.1 Å². The molecule has 0 atom stereocenters. The number of fused-ring (bicyclic) bond motifs is 1. The Hall–Kier alpha value is -1.79. The summed E-state index contributed by atoms with van der Waals surface area (Å²) in [4.78, 5) is 18.5. The molecule has 0 saturated heterocycles. The highest BCUT2D eigenvalue weighted by Gasteiger charge is 2.18. The molecular formula is C17H18N2O2S2. The van der Waals surface area contributed by atoms with Gasteiger partial charge in [0.2, 0.25) is 0 Å². The van der Waals surface area contributed by atoms with E-state index in [4.69, 9.17) is 9.40 Å². The maximum atomic E-state index is 13.0. The van der Waals surface area contributed by atoms with E-state index in [0.717, 1.165) is 21.3 Å². The van der Waals surface area contributed by atoms with E-state index in [-0.39, 0.29) is 5.56 Å². The van der Waals surface area contributed by atoms with Crippen LogP contribution in [0.2, 0.25) is 0 Å². The molecule has 3 rings (SSSR count). The van der Waals surface area contributed by atoms with Crippen molar-refractivity contribution in [1.82, 2.24) is 9.55 Å². The van der Waals surface area contributed by atoms with E-state index >= 15 is 0 Å². The van der Waals surface area contributed by atoms with Crippen LogP contribution in [-0.4, -0.2) is 15.3 Å². The van der Waals surface area contributed by atoms with Crippen molar-refractivity contribution in [2.45, 2.75) is 25.5 Å². The van der Waals surface area contributed by atoms with Crippen LogP contribution in [0.4, 0.5) is 0 Å². The lowest BCUT2D eigenvalue weighted by Crippen LogP contribution is -2.22. The van der Waals surface area contributed by atoms with Crippen molar-refractivity contribution in [2.75, 3.05) is 5.75 Å². The molecule has 0 aliphatic carbocycles. The Morgan fingerprint density at radius 3 is 3.00 bits per heavy atom. The highest BCUT2D eigenvalue weighted by atomic mass is 32.2. The first-order valence-electron chi connectivity index (χ1n) is 7.41. The van der Waals surface area contributed by atoms with Gasteiger partial charge in [-0.1, -0.05) is 31.7 Å². The van der Waals surface area contributed by atoms with Gasteiger partial charge in [0.15, 0.2) is 5.16 Å². The summed E-state index contributed by atoms with van der Waals surface area (Å²) in [5.41, 5.74) is 0.777. The Kier molecular flexibility index (Phi) is 4.73. The topological polar surface area (TPSA) is 48.0 Å². The largest absolute Gasteiger partial charge is 0.464 e. The molecule has 0 aromatic carbocycles. The second-order valence-corrected chi connectivity index (χ2v) is 7.46. The summed E-state index contributed by atoms with van der Waals surface area (Å²) in [5, 5.41) is 3.32. The first-order chi connectivity index (χ1) is 11.1. The van der Waals surface area contributed by atoms with Crippen LogP contribution in [0.1, 0.15) is 13.8 Å². The molecule has 0 N–H and O–H groups in total. The zero-order chi connectivity index (χ0) is 16.4. The fraction of sp³-hybridized carbons (Fsp3) is 0.294. The molecule has 0 spiro atoms. The van der Waals surface area contributed by atoms with Crippen LogP contribution in [0.5, 0.6) is 0 Å². The monoisotopic (exact) mass is 346 g/mol. The molecule has 0 unspecified atom stereocenters. The second kappa shape index (κ2) is 6.76. The quantitative estimate of drug-likeness (QED) is 0.370. The van der Waals surface area contributed by atoms with Crippen molar-refractivity contribution >= 4 is 33.3 Å². The molecule has 3 aromatic rings. The van der Waals surface area contributed by atoms with E-state index in [1.165, 1.54) is 11.3 Å². The molecule has 6 heteroatoms. The molecule has 3 aromatic heterocycles. The van der Waals surface area contributed by atoms with E-state index < -0.39 is 0 Å². The van der Waals surface area contributed by atoms with Crippen LogP contribution >= 0.6 is 23.1 Å². The van der Waals surface area contributed by atoms with E-state index in [1.807, 2.05) is 17.5 Å². The average molecular weight is 346 g/mol. The molecule has 0 aliphatic rings. The first-order valence-corrected chi connectivity index (χ1v) is 9.28. The fourth-order valence-electron chi connectivity index (χ4n) is 2.26. The molecule has 0 saturated carbocycles. The highest BCUT2D eigenvalue weighted by Crippen LogP contribution is 2.32. The van der Waals surface area contributed by atoms with Gasteiger partial charge in [0, 0.05) is 23.2 Å². The maximum Gasteiger partial charge on any atom is 0.263 e. The number of rotatable bonds is 6. The lowest BCUT2D eigenvalue weighted by atomic mass is 10.2. The van der Waals surface area contributed by atoms with Crippen molar-refractivity contribution in [3.63, 3.8) is 0 Å². The normalized spacial score (nSPS) is 11.4. The molecule has 0 fully saturated rings. The minimum absolute atomic E-state index is 0.0335. The van der Waals surface area contributed by atoms with Gasteiger partial charge in [0.1, 0.15) is 10.6 Å². The van der Waals surface area contributed by atoms with Crippen LogP contribution < -0.4 is 5.56 Å². The number of allylic oxidation sites excluding steroid dienone is 1. The predicted octanol–water partition coefficient (Wildman–Crippen LogP) is 4.65. The molecular weight excluding hydrogens is 328 g/mol. The zero-order valence-electron chi connectivity index (χ0n) is 13.1. The van der Waals surface area contributed by atoms with Crippen LogP contribution in [0.15, 0.2) is 50.8 Å². The minimum Gasteiger partial charge on any atom is -0.464 e. The Labute approximate surface area is 142 Å². The van der Waals surface area contributed by atoms with Gasteiger partial charge in [-0.2, -0.15) is 0 Å². The van der Waals surface area contributed by atoms with Crippen molar-refractivity contribution in [2.24, 2.45) is 5.92 Å². The number of hydrogen-bond acceptors (Lipinski definition) is 5. The molecule has 3 heterocycles. The molecule has 0 bridgehead atoms. The Balaban J connectivity index is 2.18. The first kappa shape index (κ1) is 16.1. The average Bonchev–Trinajstić information content (AvgIpc) is 3.16. The summed E-state index contributed by atoms with van der Waals surface area (Å²) in [6.45, 7) is 8.52. The third-order valence-corrected chi connectivity index (χ3v) is 5.58. The number of hydrogen-bond donors (Lipinski definition) is 0. The van der Waals surface area contributed by atoms with Crippen LogP contribution in [-0.2, 0) is 6.54 Å². The summed E-state index contributed by atoms with van der Waals surface area (Å²) >= 11 is 3.10. The summed E-state index contributed by atoms with van der Waals surface area (Å²) < 4.78 is 7.15. The number of aromatic nitrogens is 2. The van der Waals surface area contributed by atoms with Gasteiger partial charge in [-0.15, -0.1) is 17.9 Å². The number of thiophene rings is 1. The van der Waals surface area contributed by atoms with Crippen LogP contribution in [0, 0.1) is 5.92 Å². The van der Waals surface area contributed by atoms with Crippen LogP contribution in [0.25, 0.3) is 21.5 Å². The van der Waals surface area contributed by atoms with Crippen LogP contribution in [0.3, 0.4) is 0 Å². The van der Waals surface area contributed by atoms with E-state index in [1.54, 1.807) is 28.7 Å². The van der Waals surface area contributed by atoms with Gasteiger partial charge in [0.25, 0.3) is 5.56 Å². The lowest BCUT2D eigenvalue weighted by Gasteiger charge is -2.11. The summed E-state index contributed by atoms with van der Waals surface area (Å²) in [7, 11) is 0. The van der Waals surface area contributed by atoms with E-state index in [9.17, 15) is 4.79 Å². The van der Waals surface area contributed by atoms with E-state index in [2.05, 4.69) is 20.4 Å². The standard InChI is InChI=1S/C17H18N2O2S2/c1-4-7-19-16(20)14-12(13-6-5-8-21-13)10-22-15(14)18-17(19)23-9-11(2)3/h4-6,8,10-11H,1,7,9H2,2-3H3. The number of thioether (sulfide) groups is 1. The Morgan fingerprint density at radius 1 is 1.52 bits per heavy atom. The summed E-state index contributed by atoms with van der Waals surface area (Å²) in [5.74, 6) is 2.15. The SMILES string of the molecule is C=CCn1c(SCC(C)C)nc2scc(-c3ccco3)c2c1=O. The minimum atomic E-state index is -0.0335. The van der Waals surface area contributed by atoms with E-state index in [0.29, 0.717) is 23.6 Å². The molecule has 0 aliphatic heterocycles. The van der Waals surface area contributed by atoms with Gasteiger partial charge < -0.3 is 4.42 Å². The van der Waals surface area contributed by atoms with Crippen molar-refractivity contribution in [3.05, 3.63) is 46.8 Å². The molecule has 23 heavy (non-hydrogen) atoms. The van der Waals surface area contributed by atoms with Crippen molar-refractivity contribution in [1.29, 1.82) is 0 Å². The molecule has 0 radical (unpaired) electrons. The summed E-state index contributed by atoms with van der Waals surface area (Å²) in [6.07, 6.45) is 3.34. The summed E-state index contributed by atoms with van der Waals surface area (Å²) in [6, 6.07) is 3.68. The van der Waals surface area contributed by atoms with Gasteiger partial charge in [-0.25, -0.2) is 4.98 Å². The number of furan rings is 1. The number of nitrogens with zero attached hydrogens (tertiary/aromatic N) is 2. The molecule has 0 amide bonds. The highest BCUT2D eigenvalue weighted by molar-refractivity contribution is 7.99. The fourth-order valence-corrected chi connectivity index (χ4v) is 4.19. The molecule has 4 nitrogen and oxygen atoms in total. The van der Waals surface area contributed by atoms with Gasteiger partial charge in [-0.3, -0.25) is 9.36 Å². The lowest BCUT2D eigenvalue weighted by molar-refractivity contribution is 0.583. The third-order valence-electron chi connectivity index (χ3n) is 3.30. The van der Waals surface area contributed by atoms with Gasteiger partial charge in [0.05, 0.1) is 11.6 Å².